The van der Waals surface area contributed by atoms with Crippen LogP contribution >= 0.6 is 19.2 Å². The van der Waals surface area contributed by atoms with E-state index in [0.717, 1.165) is 25.7 Å². The Bertz CT molecular complexity index is 1060. The summed E-state index contributed by atoms with van der Waals surface area (Å²) in [7, 11) is -3.43. The Balaban J connectivity index is 1.55. The fourth-order valence-electron chi connectivity index (χ4n) is 4.28. The molecule has 1 saturated carbocycles. The van der Waals surface area contributed by atoms with Crippen molar-refractivity contribution in [1.82, 2.24) is 19.5 Å². The first-order valence-electron chi connectivity index (χ1n) is 10.9. The normalized spacial score (nSPS) is 28.0. The predicted octanol–water partition coefficient (Wildman–Crippen LogP) is 1.01. The molecule has 0 radical (unpaired) electrons. The minimum atomic E-state index is -4.72. The third-order valence-corrected chi connectivity index (χ3v) is 7.95. The average Bonchev–Trinajstić information content (AvgIpc) is 3.48. The number of nitrogens with one attached hydrogen (secondary N) is 1. The van der Waals surface area contributed by atoms with Gasteiger partial charge in [0.15, 0.2) is 28.6 Å². The predicted molar refractivity (Wildman–Crippen MR) is 120 cm³/mol. The van der Waals surface area contributed by atoms with Crippen LogP contribution in [0.1, 0.15) is 38.8 Å². The molecular weight excluding hydrogens is 493 g/mol. The molecule has 4 rings (SSSR count). The van der Waals surface area contributed by atoms with Gasteiger partial charge < -0.3 is 39.5 Å². The highest BCUT2D eigenvalue weighted by molar-refractivity contribution is 7.53. The fraction of sp³-hybridized carbons (Fsp3) is 0.737. The molecule has 2 fully saturated rings. The quantitative estimate of drug-likeness (QED) is 0.233. The van der Waals surface area contributed by atoms with E-state index in [9.17, 15) is 24.6 Å². The van der Waals surface area contributed by atoms with Crippen LogP contribution in [-0.2, 0) is 18.8 Å². The number of aliphatic hydroxyl groups excluding tert-OH is 2. The molecule has 1 aliphatic heterocycles. The lowest BCUT2D eigenvalue weighted by atomic mass is 10.1. The number of aliphatic hydroxyl groups is 2. The van der Waals surface area contributed by atoms with E-state index in [1.54, 1.807) is 0 Å². The van der Waals surface area contributed by atoms with Crippen LogP contribution in [0.2, 0.25) is 5.28 Å². The third kappa shape index (κ3) is 4.95. The van der Waals surface area contributed by atoms with Crippen LogP contribution in [0.25, 0.3) is 11.2 Å². The Morgan fingerprint density at radius 2 is 2.00 bits per heavy atom. The topological polar surface area (TPSA) is 181 Å². The first kappa shape index (κ1) is 25.7. The maximum atomic E-state index is 11.9. The van der Waals surface area contributed by atoms with Crippen molar-refractivity contribution in [1.29, 1.82) is 0 Å². The number of halogens is 1. The molecule has 2 aliphatic rings. The van der Waals surface area contributed by atoms with Crippen molar-refractivity contribution >= 4 is 36.2 Å². The Kier molecular flexibility index (Phi) is 7.49. The van der Waals surface area contributed by atoms with Gasteiger partial charge in [0.05, 0.1) is 19.5 Å². The molecule has 190 valence electrons. The van der Waals surface area contributed by atoms with Gasteiger partial charge in [0.25, 0.3) is 0 Å². The number of methoxy groups -OCH3 is 1. The fourth-order valence-corrected chi connectivity index (χ4v) is 4.98. The van der Waals surface area contributed by atoms with Crippen molar-refractivity contribution in [2.24, 2.45) is 0 Å². The largest absolute Gasteiger partial charge is 0.387 e. The summed E-state index contributed by atoms with van der Waals surface area (Å²) < 4.78 is 29.4. The van der Waals surface area contributed by atoms with Crippen molar-refractivity contribution in [3.8, 4) is 0 Å². The molecule has 2 aromatic heterocycles. The van der Waals surface area contributed by atoms with Gasteiger partial charge >= 0.3 is 7.60 Å². The van der Waals surface area contributed by atoms with E-state index >= 15 is 0 Å². The number of aromatic nitrogens is 4. The molecule has 0 aromatic carbocycles. The van der Waals surface area contributed by atoms with Crippen LogP contribution in [-0.4, -0.2) is 89.5 Å². The molecule has 2 aromatic rings. The lowest BCUT2D eigenvalue weighted by Gasteiger charge is -2.31. The molecule has 0 bridgehead atoms. The van der Waals surface area contributed by atoms with Gasteiger partial charge in [-0.05, 0) is 31.4 Å². The zero-order valence-electron chi connectivity index (χ0n) is 18.7. The van der Waals surface area contributed by atoms with E-state index in [2.05, 4.69) is 20.3 Å². The third-order valence-electron chi connectivity index (χ3n) is 6.29. The molecule has 1 aliphatic carbocycles. The second-order valence-electron chi connectivity index (χ2n) is 8.80. The van der Waals surface area contributed by atoms with Gasteiger partial charge in [-0.3, -0.25) is 9.13 Å². The summed E-state index contributed by atoms with van der Waals surface area (Å²) in [6, 6.07) is 0.256. The zero-order valence-corrected chi connectivity index (χ0v) is 20.4. The van der Waals surface area contributed by atoms with Crippen LogP contribution in [0.5, 0.6) is 0 Å². The summed E-state index contributed by atoms with van der Waals surface area (Å²) in [6.45, 7) is 0.411. The average molecular weight is 522 g/mol. The number of hydrogen-bond acceptors (Lipinski definition) is 10. The van der Waals surface area contributed by atoms with E-state index in [1.807, 2.05) is 0 Å². The van der Waals surface area contributed by atoms with Gasteiger partial charge in [0.2, 0.25) is 5.28 Å². The SMILES string of the molecule is COCC(C)(OC[C@H]1O[C@@H](n2cnc3c(NC4CCCC4)nc(Cl)nc32)[C@H](O)[C@@H]1O)P(=O)(O)O. The lowest BCUT2D eigenvalue weighted by Crippen LogP contribution is -2.40. The Morgan fingerprint density at radius 3 is 2.65 bits per heavy atom. The number of rotatable bonds is 9. The molecule has 1 unspecified atom stereocenters. The summed E-state index contributed by atoms with van der Waals surface area (Å²) in [5.41, 5.74) is 0.744. The van der Waals surface area contributed by atoms with Gasteiger partial charge in [-0.1, -0.05) is 12.8 Å². The summed E-state index contributed by atoms with van der Waals surface area (Å²) in [6.07, 6.45) is 0.707. The summed E-state index contributed by atoms with van der Waals surface area (Å²) in [4.78, 5) is 32.1. The smallest absolute Gasteiger partial charge is 0.359 e. The molecule has 1 saturated heterocycles. The molecule has 15 heteroatoms. The van der Waals surface area contributed by atoms with Crippen LogP contribution in [0.15, 0.2) is 6.33 Å². The van der Waals surface area contributed by atoms with Crippen molar-refractivity contribution in [3.63, 3.8) is 0 Å². The van der Waals surface area contributed by atoms with Gasteiger partial charge in [0, 0.05) is 13.2 Å². The monoisotopic (exact) mass is 521 g/mol. The summed E-state index contributed by atoms with van der Waals surface area (Å²) in [5, 5.41) is 22.6. The summed E-state index contributed by atoms with van der Waals surface area (Å²) >= 11 is 6.15. The van der Waals surface area contributed by atoms with Crippen LogP contribution in [0.4, 0.5) is 5.82 Å². The highest BCUT2D eigenvalue weighted by Crippen LogP contribution is 2.51. The molecule has 34 heavy (non-hydrogen) atoms. The Morgan fingerprint density at radius 1 is 1.29 bits per heavy atom. The van der Waals surface area contributed by atoms with Gasteiger partial charge in [-0.25, -0.2) is 4.98 Å². The van der Waals surface area contributed by atoms with Gasteiger partial charge in [-0.15, -0.1) is 0 Å². The molecule has 5 atom stereocenters. The maximum absolute atomic E-state index is 11.9. The van der Waals surface area contributed by atoms with E-state index in [1.165, 1.54) is 24.9 Å². The molecule has 13 nitrogen and oxygen atoms in total. The number of imidazole rings is 1. The van der Waals surface area contributed by atoms with Crippen molar-refractivity contribution in [2.75, 3.05) is 25.6 Å². The lowest BCUT2D eigenvalue weighted by molar-refractivity contribution is -0.106. The van der Waals surface area contributed by atoms with E-state index in [0.29, 0.717) is 17.0 Å². The second-order valence-corrected chi connectivity index (χ2v) is 11.2. The Hall–Kier alpha value is -1.41. The molecule has 0 spiro atoms. The first-order valence-corrected chi connectivity index (χ1v) is 12.9. The van der Waals surface area contributed by atoms with Crippen molar-refractivity contribution in [3.05, 3.63) is 11.6 Å². The van der Waals surface area contributed by atoms with Crippen LogP contribution in [0, 0.1) is 0 Å². The molecule has 5 N–H and O–H groups in total. The minimum Gasteiger partial charge on any atom is -0.387 e. The molecule has 0 amide bonds. The second kappa shape index (κ2) is 9.92. The number of hydrogen-bond donors (Lipinski definition) is 5. The number of ether oxygens (including phenoxy) is 3. The minimum absolute atomic E-state index is 0.0142. The number of nitrogens with zero attached hydrogens (tertiary/aromatic N) is 4. The molecular formula is C19H29ClN5O8P. The van der Waals surface area contributed by atoms with Crippen molar-refractivity contribution < 1.29 is 38.8 Å². The highest BCUT2D eigenvalue weighted by Gasteiger charge is 2.48. The van der Waals surface area contributed by atoms with Crippen LogP contribution < -0.4 is 5.32 Å². The van der Waals surface area contributed by atoms with Gasteiger partial charge in [0.1, 0.15) is 18.3 Å². The van der Waals surface area contributed by atoms with Gasteiger partial charge in [-0.2, -0.15) is 9.97 Å². The maximum Gasteiger partial charge on any atom is 0.359 e. The van der Waals surface area contributed by atoms with E-state index < -0.39 is 44.1 Å². The highest BCUT2D eigenvalue weighted by atomic mass is 35.5. The van der Waals surface area contributed by atoms with E-state index in [4.69, 9.17) is 25.8 Å². The molecule has 3 heterocycles. The summed E-state index contributed by atoms with van der Waals surface area (Å²) in [5.74, 6) is 0.477. The zero-order chi connectivity index (χ0) is 24.7. The number of anilines is 1. The van der Waals surface area contributed by atoms with Crippen molar-refractivity contribution in [2.45, 2.75) is 68.5 Å². The first-order chi connectivity index (χ1) is 16.0. The number of fused-ring (bicyclic) bond motifs is 1. The van der Waals surface area contributed by atoms with Crippen LogP contribution in [0.3, 0.4) is 0 Å². The van der Waals surface area contributed by atoms with E-state index in [-0.39, 0.29) is 17.9 Å². The standard InChI is InChI=1S/C19H29ClN5O8P/c1-19(8-31-2,34(28,29)30)32-7-11-13(26)14(27)17(33-11)25-9-21-12-15(22-10-5-3-4-6-10)23-18(20)24-16(12)25/h9-11,13-14,17,26-27H,3-8H2,1-2H3,(H,22,23,24)(H2,28,29,30)/t11-,13-,14-,17-,19?/m1/s1. The Labute approximate surface area is 200 Å².